The third-order valence-corrected chi connectivity index (χ3v) is 1.88. The second-order valence-corrected chi connectivity index (χ2v) is 3.43. The highest BCUT2D eigenvalue weighted by Crippen LogP contribution is 2.04. The van der Waals surface area contributed by atoms with Gasteiger partial charge in [-0.05, 0) is 19.3 Å². The van der Waals surface area contributed by atoms with Crippen molar-refractivity contribution in [3.8, 4) is 0 Å². The molecular weight excluding hydrogens is 154 g/mol. The standard InChI is InChI=1S/C9H19NO2/c1-5-7(4)12-9(11)8(10)6(2)3/h6-8H,5,10H2,1-4H3/t7-,8+/m1/s1. The topological polar surface area (TPSA) is 52.3 Å². The summed E-state index contributed by atoms with van der Waals surface area (Å²) in [5, 5.41) is 0. The maximum atomic E-state index is 11.2. The molecule has 2 atom stereocenters. The summed E-state index contributed by atoms with van der Waals surface area (Å²) in [4.78, 5) is 11.2. The molecule has 0 spiro atoms. The van der Waals surface area contributed by atoms with Crippen LogP contribution >= 0.6 is 0 Å². The molecule has 0 aromatic rings. The van der Waals surface area contributed by atoms with Crippen molar-refractivity contribution < 1.29 is 9.53 Å². The van der Waals surface area contributed by atoms with Crippen LogP contribution in [-0.2, 0) is 9.53 Å². The molecule has 0 bridgehead atoms. The Morgan fingerprint density at radius 1 is 1.42 bits per heavy atom. The Balaban J connectivity index is 3.87. The van der Waals surface area contributed by atoms with Crippen molar-refractivity contribution in [2.24, 2.45) is 11.7 Å². The largest absolute Gasteiger partial charge is 0.462 e. The van der Waals surface area contributed by atoms with Crippen LogP contribution in [0, 0.1) is 5.92 Å². The lowest BCUT2D eigenvalue weighted by Gasteiger charge is -2.17. The van der Waals surface area contributed by atoms with Gasteiger partial charge in [0.05, 0.1) is 6.10 Å². The molecule has 0 aliphatic rings. The highest BCUT2D eigenvalue weighted by atomic mass is 16.5. The van der Waals surface area contributed by atoms with Crippen molar-refractivity contribution in [3.05, 3.63) is 0 Å². The molecule has 0 rings (SSSR count). The first-order chi connectivity index (χ1) is 5.49. The van der Waals surface area contributed by atoms with Crippen LogP contribution in [0.5, 0.6) is 0 Å². The van der Waals surface area contributed by atoms with Crippen LogP contribution in [0.25, 0.3) is 0 Å². The number of carbonyl (C=O) groups excluding carboxylic acids is 1. The first kappa shape index (κ1) is 11.4. The minimum atomic E-state index is -0.487. The fourth-order valence-electron chi connectivity index (χ4n) is 0.632. The van der Waals surface area contributed by atoms with Crippen molar-refractivity contribution in [2.75, 3.05) is 0 Å². The molecule has 0 saturated carbocycles. The fourth-order valence-corrected chi connectivity index (χ4v) is 0.632. The zero-order chi connectivity index (χ0) is 9.72. The fraction of sp³-hybridized carbons (Fsp3) is 0.889. The van der Waals surface area contributed by atoms with Gasteiger partial charge in [-0.2, -0.15) is 0 Å². The van der Waals surface area contributed by atoms with E-state index in [1.807, 2.05) is 27.7 Å². The van der Waals surface area contributed by atoms with Crippen LogP contribution in [0.1, 0.15) is 34.1 Å². The summed E-state index contributed by atoms with van der Waals surface area (Å²) in [5.74, 6) is -0.152. The minimum absolute atomic E-state index is 0.0256. The van der Waals surface area contributed by atoms with Crippen LogP contribution in [0.4, 0.5) is 0 Å². The number of hydrogen-bond acceptors (Lipinski definition) is 3. The number of ether oxygens (including phenoxy) is 1. The van der Waals surface area contributed by atoms with Crippen LogP contribution in [0.2, 0.25) is 0 Å². The normalized spacial score (nSPS) is 15.8. The molecule has 72 valence electrons. The van der Waals surface area contributed by atoms with E-state index < -0.39 is 6.04 Å². The maximum absolute atomic E-state index is 11.2. The van der Waals surface area contributed by atoms with Crippen molar-refractivity contribution in [1.82, 2.24) is 0 Å². The lowest BCUT2D eigenvalue weighted by atomic mass is 10.1. The Morgan fingerprint density at radius 2 is 1.92 bits per heavy atom. The molecule has 0 saturated heterocycles. The number of carbonyl (C=O) groups is 1. The number of rotatable bonds is 4. The van der Waals surface area contributed by atoms with Gasteiger partial charge in [-0.25, -0.2) is 0 Å². The molecule has 12 heavy (non-hydrogen) atoms. The summed E-state index contributed by atoms with van der Waals surface area (Å²) in [5.41, 5.74) is 5.59. The van der Waals surface area contributed by atoms with E-state index in [2.05, 4.69) is 0 Å². The van der Waals surface area contributed by atoms with Gasteiger partial charge in [-0.15, -0.1) is 0 Å². The maximum Gasteiger partial charge on any atom is 0.323 e. The average molecular weight is 173 g/mol. The highest BCUT2D eigenvalue weighted by Gasteiger charge is 2.19. The van der Waals surface area contributed by atoms with E-state index in [0.29, 0.717) is 0 Å². The molecule has 0 aromatic heterocycles. The first-order valence-corrected chi connectivity index (χ1v) is 4.45. The van der Waals surface area contributed by atoms with Crippen LogP contribution < -0.4 is 5.73 Å². The van der Waals surface area contributed by atoms with Gasteiger partial charge in [0, 0.05) is 0 Å². The summed E-state index contributed by atoms with van der Waals surface area (Å²) < 4.78 is 5.06. The predicted molar refractivity (Wildman–Crippen MR) is 48.7 cm³/mol. The van der Waals surface area contributed by atoms with Gasteiger partial charge in [-0.3, -0.25) is 4.79 Å². The molecule has 0 unspecified atom stereocenters. The van der Waals surface area contributed by atoms with E-state index >= 15 is 0 Å². The molecule has 0 heterocycles. The lowest BCUT2D eigenvalue weighted by molar-refractivity contribution is -0.151. The van der Waals surface area contributed by atoms with E-state index in [0.717, 1.165) is 6.42 Å². The van der Waals surface area contributed by atoms with Gasteiger partial charge in [0.1, 0.15) is 6.04 Å². The Hall–Kier alpha value is -0.570. The van der Waals surface area contributed by atoms with E-state index in [4.69, 9.17) is 10.5 Å². The van der Waals surface area contributed by atoms with E-state index in [1.165, 1.54) is 0 Å². The quantitative estimate of drug-likeness (QED) is 0.652. The smallest absolute Gasteiger partial charge is 0.323 e. The number of esters is 1. The minimum Gasteiger partial charge on any atom is -0.462 e. The monoisotopic (exact) mass is 173 g/mol. The van der Waals surface area contributed by atoms with Crippen molar-refractivity contribution >= 4 is 5.97 Å². The van der Waals surface area contributed by atoms with Gasteiger partial charge in [-0.1, -0.05) is 20.8 Å². The second kappa shape index (κ2) is 5.14. The van der Waals surface area contributed by atoms with Gasteiger partial charge in [0.15, 0.2) is 0 Å². The predicted octanol–water partition coefficient (Wildman–Crippen LogP) is 1.31. The number of hydrogen-bond donors (Lipinski definition) is 1. The first-order valence-electron chi connectivity index (χ1n) is 4.45. The molecule has 0 fully saturated rings. The Labute approximate surface area is 74.3 Å². The summed E-state index contributed by atoms with van der Waals surface area (Å²) >= 11 is 0. The molecule has 0 amide bonds. The van der Waals surface area contributed by atoms with Crippen molar-refractivity contribution in [3.63, 3.8) is 0 Å². The molecule has 3 heteroatoms. The van der Waals surface area contributed by atoms with Gasteiger partial charge in [0.25, 0.3) is 0 Å². The highest BCUT2D eigenvalue weighted by molar-refractivity contribution is 5.75. The molecule has 0 radical (unpaired) electrons. The van der Waals surface area contributed by atoms with Crippen LogP contribution in [0.15, 0.2) is 0 Å². The third kappa shape index (κ3) is 3.72. The van der Waals surface area contributed by atoms with E-state index in [-0.39, 0.29) is 18.0 Å². The van der Waals surface area contributed by atoms with Gasteiger partial charge >= 0.3 is 5.97 Å². The Morgan fingerprint density at radius 3 is 2.25 bits per heavy atom. The molecule has 0 aliphatic carbocycles. The molecule has 0 aromatic carbocycles. The zero-order valence-electron chi connectivity index (χ0n) is 8.33. The molecule has 2 N–H and O–H groups in total. The second-order valence-electron chi connectivity index (χ2n) is 3.43. The Kier molecular flexibility index (Phi) is 4.90. The third-order valence-electron chi connectivity index (χ3n) is 1.88. The molecular formula is C9H19NO2. The lowest BCUT2D eigenvalue weighted by Crippen LogP contribution is -2.38. The van der Waals surface area contributed by atoms with Crippen LogP contribution in [0.3, 0.4) is 0 Å². The number of nitrogens with two attached hydrogens (primary N) is 1. The van der Waals surface area contributed by atoms with E-state index in [1.54, 1.807) is 0 Å². The zero-order valence-corrected chi connectivity index (χ0v) is 8.33. The summed E-state index contributed by atoms with van der Waals surface area (Å²) in [6.45, 7) is 7.65. The van der Waals surface area contributed by atoms with Crippen LogP contribution in [-0.4, -0.2) is 18.1 Å². The summed E-state index contributed by atoms with van der Waals surface area (Å²) in [7, 11) is 0. The van der Waals surface area contributed by atoms with Gasteiger partial charge in [0.2, 0.25) is 0 Å². The van der Waals surface area contributed by atoms with E-state index in [9.17, 15) is 4.79 Å². The molecule has 3 nitrogen and oxygen atoms in total. The van der Waals surface area contributed by atoms with Crippen molar-refractivity contribution in [2.45, 2.75) is 46.3 Å². The SMILES string of the molecule is CC[C@@H](C)OC(=O)[C@@H](N)C(C)C. The summed E-state index contributed by atoms with van der Waals surface area (Å²) in [6.07, 6.45) is 0.804. The Bertz CT molecular complexity index is 145. The van der Waals surface area contributed by atoms with Crippen molar-refractivity contribution in [1.29, 1.82) is 0 Å². The van der Waals surface area contributed by atoms with Gasteiger partial charge < -0.3 is 10.5 Å². The molecule has 0 aliphatic heterocycles. The summed E-state index contributed by atoms with van der Waals surface area (Å²) in [6, 6.07) is -0.487. The average Bonchev–Trinajstić information content (AvgIpc) is 2.02.